The van der Waals surface area contributed by atoms with Gasteiger partial charge < -0.3 is 0 Å². The summed E-state index contributed by atoms with van der Waals surface area (Å²) in [4.78, 5) is 13.7. The minimum Gasteiger partial charge on any atom is -0.288 e. The molecule has 0 spiro atoms. The highest BCUT2D eigenvalue weighted by molar-refractivity contribution is 7.12. The number of aryl methyl sites for hydroxylation is 1. The lowest BCUT2D eigenvalue weighted by Gasteiger charge is -2.27. The maximum Gasteiger partial charge on any atom is 0.203 e. The van der Waals surface area contributed by atoms with Gasteiger partial charge in [-0.2, -0.15) is 0 Å². The fourth-order valence-electron chi connectivity index (χ4n) is 2.71. The first-order valence-corrected chi connectivity index (χ1v) is 7.89. The maximum atomic E-state index is 12.8. The molecule has 1 aromatic heterocycles. The summed E-state index contributed by atoms with van der Waals surface area (Å²) in [6, 6.07) is 10.2. The van der Waals surface area contributed by atoms with E-state index in [0.717, 1.165) is 16.9 Å². The van der Waals surface area contributed by atoms with E-state index in [9.17, 15) is 4.79 Å². The van der Waals surface area contributed by atoms with Crippen LogP contribution in [0.5, 0.6) is 0 Å². The first-order chi connectivity index (χ1) is 9.31. The molecule has 2 heteroatoms. The molecule has 0 bridgehead atoms. The molecule has 0 amide bonds. The first-order valence-electron chi connectivity index (χ1n) is 7.01. The van der Waals surface area contributed by atoms with Gasteiger partial charge in [-0.1, -0.05) is 37.6 Å². The second-order valence-corrected chi connectivity index (χ2v) is 6.09. The molecule has 1 saturated carbocycles. The SMILES string of the molecule is CCc1ccsc1C(=O)c1ccccc1C1CCC1. The standard InChI is InChI=1S/C17H18OS/c1-2-12-10-11-19-17(12)16(18)15-9-4-3-8-14(15)13-6-5-7-13/h3-4,8-11,13H,2,5-7H2,1H3. The molecule has 1 aromatic carbocycles. The molecule has 3 rings (SSSR count). The quantitative estimate of drug-likeness (QED) is 0.729. The van der Waals surface area contributed by atoms with Gasteiger partial charge in [0.15, 0.2) is 0 Å². The van der Waals surface area contributed by atoms with Crippen LogP contribution in [0.2, 0.25) is 0 Å². The van der Waals surface area contributed by atoms with Crippen LogP contribution in [0.15, 0.2) is 35.7 Å². The molecule has 0 radical (unpaired) electrons. The van der Waals surface area contributed by atoms with Crippen molar-refractivity contribution in [1.29, 1.82) is 0 Å². The highest BCUT2D eigenvalue weighted by atomic mass is 32.1. The molecular weight excluding hydrogens is 252 g/mol. The minimum atomic E-state index is 0.217. The topological polar surface area (TPSA) is 17.1 Å². The van der Waals surface area contributed by atoms with Crippen molar-refractivity contribution in [2.45, 2.75) is 38.5 Å². The summed E-state index contributed by atoms with van der Waals surface area (Å²) >= 11 is 1.57. The van der Waals surface area contributed by atoms with Gasteiger partial charge in [-0.25, -0.2) is 0 Å². The Morgan fingerprint density at radius 1 is 1.26 bits per heavy atom. The van der Waals surface area contributed by atoms with E-state index < -0.39 is 0 Å². The fraction of sp³-hybridized carbons (Fsp3) is 0.353. The maximum absolute atomic E-state index is 12.8. The van der Waals surface area contributed by atoms with Crippen molar-refractivity contribution in [3.8, 4) is 0 Å². The first kappa shape index (κ1) is 12.6. The molecule has 1 aliphatic rings. The van der Waals surface area contributed by atoms with Gasteiger partial charge in [-0.15, -0.1) is 11.3 Å². The number of hydrogen-bond donors (Lipinski definition) is 0. The third-order valence-electron chi connectivity index (χ3n) is 4.08. The van der Waals surface area contributed by atoms with Crippen LogP contribution in [0, 0.1) is 0 Å². The zero-order valence-electron chi connectivity index (χ0n) is 11.2. The molecule has 0 unspecified atom stereocenters. The van der Waals surface area contributed by atoms with Crippen molar-refractivity contribution < 1.29 is 4.79 Å². The zero-order valence-corrected chi connectivity index (χ0v) is 12.0. The van der Waals surface area contributed by atoms with Crippen LogP contribution in [0.4, 0.5) is 0 Å². The van der Waals surface area contributed by atoms with Crippen LogP contribution in [0.1, 0.15) is 58.5 Å². The van der Waals surface area contributed by atoms with E-state index in [1.807, 2.05) is 17.5 Å². The van der Waals surface area contributed by atoms with Crippen LogP contribution in [0.25, 0.3) is 0 Å². The Balaban J connectivity index is 2.00. The fourth-order valence-corrected chi connectivity index (χ4v) is 3.66. The van der Waals surface area contributed by atoms with Crippen LogP contribution in [-0.2, 0) is 6.42 Å². The lowest BCUT2D eigenvalue weighted by molar-refractivity contribution is 0.104. The van der Waals surface area contributed by atoms with E-state index in [-0.39, 0.29) is 5.78 Å². The number of carbonyl (C=O) groups is 1. The van der Waals surface area contributed by atoms with Gasteiger partial charge in [0.25, 0.3) is 0 Å². The summed E-state index contributed by atoms with van der Waals surface area (Å²) in [5.41, 5.74) is 3.36. The molecule has 1 nitrogen and oxygen atoms in total. The summed E-state index contributed by atoms with van der Waals surface area (Å²) in [6.07, 6.45) is 4.69. The summed E-state index contributed by atoms with van der Waals surface area (Å²) in [7, 11) is 0. The molecule has 1 aliphatic carbocycles. The summed E-state index contributed by atoms with van der Waals surface area (Å²) in [5, 5.41) is 2.03. The third-order valence-corrected chi connectivity index (χ3v) is 5.04. The highest BCUT2D eigenvalue weighted by Gasteiger charge is 2.25. The summed E-state index contributed by atoms with van der Waals surface area (Å²) in [5.74, 6) is 0.819. The van der Waals surface area contributed by atoms with E-state index in [1.54, 1.807) is 11.3 Å². The largest absolute Gasteiger partial charge is 0.288 e. The Hall–Kier alpha value is -1.41. The van der Waals surface area contributed by atoms with E-state index in [4.69, 9.17) is 0 Å². The number of carbonyl (C=O) groups excluding carboxylic acids is 1. The number of thiophene rings is 1. The predicted octanol–water partition coefficient (Wildman–Crippen LogP) is 4.81. The Morgan fingerprint density at radius 3 is 2.74 bits per heavy atom. The van der Waals surface area contributed by atoms with Crippen molar-refractivity contribution in [2.24, 2.45) is 0 Å². The molecule has 98 valence electrons. The van der Waals surface area contributed by atoms with E-state index in [1.165, 1.54) is 30.4 Å². The molecule has 2 aromatic rings. The Bertz CT molecular complexity index is 593. The summed E-state index contributed by atoms with van der Waals surface area (Å²) in [6.45, 7) is 2.11. The molecule has 0 atom stereocenters. The monoisotopic (exact) mass is 270 g/mol. The predicted molar refractivity (Wildman–Crippen MR) is 80.2 cm³/mol. The number of rotatable bonds is 4. The second kappa shape index (κ2) is 5.30. The van der Waals surface area contributed by atoms with Crippen LogP contribution < -0.4 is 0 Å². The average molecular weight is 270 g/mol. The molecule has 1 fully saturated rings. The number of hydrogen-bond acceptors (Lipinski definition) is 2. The van der Waals surface area contributed by atoms with Gasteiger partial charge in [-0.3, -0.25) is 4.79 Å². The molecule has 0 aliphatic heterocycles. The number of benzene rings is 1. The van der Waals surface area contributed by atoms with Crippen molar-refractivity contribution in [2.75, 3.05) is 0 Å². The van der Waals surface area contributed by atoms with Crippen molar-refractivity contribution >= 4 is 17.1 Å². The van der Waals surface area contributed by atoms with Crippen molar-refractivity contribution in [3.05, 3.63) is 57.3 Å². The van der Waals surface area contributed by atoms with E-state index in [2.05, 4.69) is 25.1 Å². The molecule has 19 heavy (non-hydrogen) atoms. The third kappa shape index (κ3) is 2.25. The average Bonchev–Trinajstić information content (AvgIpc) is 2.85. The van der Waals surface area contributed by atoms with Gasteiger partial charge >= 0.3 is 0 Å². The molecule has 0 saturated heterocycles. The Kier molecular flexibility index (Phi) is 3.52. The highest BCUT2D eigenvalue weighted by Crippen LogP contribution is 2.38. The van der Waals surface area contributed by atoms with Crippen LogP contribution >= 0.6 is 11.3 Å². The van der Waals surface area contributed by atoms with E-state index >= 15 is 0 Å². The Labute approximate surface area is 118 Å². The summed E-state index contributed by atoms with van der Waals surface area (Å²) < 4.78 is 0. The minimum absolute atomic E-state index is 0.217. The van der Waals surface area contributed by atoms with Crippen LogP contribution in [-0.4, -0.2) is 5.78 Å². The lowest BCUT2D eigenvalue weighted by atomic mass is 9.77. The normalized spacial score (nSPS) is 15.2. The van der Waals surface area contributed by atoms with Crippen LogP contribution in [0.3, 0.4) is 0 Å². The second-order valence-electron chi connectivity index (χ2n) is 5.17. The van der Waals surface area contributed by atoms with Gasteiger partial charge in [0.2, 0.25) is 5.78 Å². The van der Waals surface area contributed by atoms with E-state index in [0.29, 0.717) is 5.92 Å². The smallest absolute Gasteiger partial charge is 0.203 e. The van der Waals surface area contributed by atoms with Crippen molar-refractivity contribution in [3.63, 3.8) is 0 Å². The lowest BCUT2D eigenvalue weighted by Crippen LogP contribution is -2.14. The van der Waals surface area contributed by atoms with Gasteiger partial charge in [0.1, 0.15) is 0 Å². The van der Waals surface area contributed by atoms with Gasteiger partial charge in [-0.05, 0) is 47.8 Å². The number of ketones is 1. The molecule has 1 heterocycles. The van der Waals surface area contributed by atoms with Gasteiger partial charge in [0, 0.05) is 5.56 Å². The molecule has 0 N–H and O–H groups in total. The molecular formula is C17H18OS. The Morgan fingerprint density at radius 2 is 2.05 bits per heavy atom. The van der Waals surface area contributed by atoms with Crippen molar-refractivity contribution in [1.82, 2.24) is 0 Å². The zero-order chi connectivity index (χ0) is 13.2. The van der Waals surface area contributed by atoms with Gasteiger partial charge in [0.05, 0.1) is 4.88 Å².